The molecule has 4 rings (SSSR count). The van der Waals surface area contributed by atoms with Crippen molar-refractivity contribution in [3.63, 3.8) is 0 Å². The lowest BCUT2D eigenvalue weighted by Crippen LogP contribution is -2.26. The Morgan fingerprint density at radius 1 is 0.706 bits per heavy atom. The van der Waals surface area contributed by atoms with Crippen LogP contribution in [0.15, 0.2) is 60.9 Å². The Bertz CT molecular complexity index is 1260. The summed E-state index contributed by atoms with van der Waals surface area (Å²) >= 11 is 0. The predicted octanol–water partition coefficient (Wildman–Crippen LogP) is 5.87. The normalized spacial score (nSPS) is 15.3. The lowest BCUT2D eigenvalue weighted by Gasteiger charge is -2.23. The third kappa shape index (κ3) is 4.44. The summed E-state index contributed by atoms with van der Waals surface area (Å²) in [7, 11) is 6.18. The molecule has 0 saturated carbocycles. The number of hydrogen-bond donors (Lipinski definition) is 2. The van der Waals surface area contributed by atoms with Gasteiger partial charge in [-0.25, -0.2) is 0 Å². The van der Waals surface area contributed by atoms with E-state index >= 15 is 0 Å². The molecule has 4 aromatic rings. The van der Waals surface area contributed by atoms with Gasteiger partial charge in [-0.3, -0.25) is 9.59 Å². The van der Waals surface area contributed by atoms with E-state index in [-0.39, 0.29) is 11.8 Å². The number of rotatable bonds is 9. The number of aliphatic carboxylic acids is 2. The zero-order valence-electron chi connectivity index (χ0n) is 19.5. The van der Waals surface area contributed by atoms with Crippen LogP contribution < -0.4 is 0 Å². The van der Waals surface area contributed by atoms with Crippen LogP contribution in [0.4, 0.5) is 0 Å². The predicted molar refractivity (Wildman–Crippen MR) is 141 cm³/mol. The number of benzene rings is 2. The largest absolute Gasteiger partial charge is 0.480 e. The zero-order valence-corrected chi connectivity index (χ0v) is 21.1. The number of carboxylic acids is 2. The number of carboxylic acid groups (broad SMARTS) is 2. The van der Waals surface area contributed by atoms with Crippen LogP contribution in [0.2, 0.25) is 0 Å². The van der Waals surface area contributed by atoms with Crippen LogP contribution in [-0.2, 0) is 23.7 Å². The van der Waals surface area contributed by atoms with E-state index in [9.17, 15) is 19.8 Å². The van der Waals surface area contributed by atoms with Crippen LogP contribution in [0.3, 0.4) is 0 Å². The van der Waals surface area contributed by atoms with Gasteiger partial charge >= 0.3 is 11.9 Å². The molecule has 0 aliphatic carbocycles. The van der Waals surface area contributed by atoms with E-state index in [0.717, 1.165) is 54.5 Å². The van der Waals surface area contributed by atoms with E-state index in [1.807, 2.05) is 98.0 Å². The molecule has 2 aromatic carbocycles. The second kappa shape index (κ2) is 9.80. The highest BCUT2D eigenvalue weighted by molar-refractivity contribution is 8.77. The van der Waals surface area contributed by atoms with Gasteiger partial charge in [0.25, 0.3) is 0 Å². The third-order valence-corrected chi connectivity index (χ3v) is 9.82. The molecule has 34 heavy (non-hydrogen) atoms. The summed E-state index contributed by atoms with van der Waals surface area (Å²) in [5, 5.41) is 20.5. The average Bonchev–Trinajstić information content (AvgIpc) is 3.33. The molecule has 4 atom stereocenters. The second-order valence-corrected chi connectivity index (χ2v) is 11.3. The van der Waals surface area contributed by atoms with Crippen molar-refractivity contribution in [1.82, 2.24) is 9.13 Å². The number of hydrogen-bond acceptors (Lipinski definition) is 4. The monoisotopic (exact) mass is 496 g/mol. The highest BCUT2D eigenvalue weighted by Gasteiger charge is 2.34. The number of fused-ring (bicyclic) bond motifs is 2. The summed E-state index contributed by atoms with van der Waals surface area (Å²) < 4.78 is 4.00. The average molecular weight is 497 g/mol. The van der Waals surface area contributed by atoms with Crippen molar-refractivity contribution in [3.05, 3.63) is 72.1 Å². The molecule has 6 nitrogen and oxygen atoms in total. The van der Waals surface area contributed by atoms with E-state index < -0.39 is 22.4 Å². The number of aromatic nitrogens is 2. The third-order valence-electron chi connectivity index (χ3n) is 6.49. The molecule has 2 aromatic heterocycles. The van der Waals surface area contributed by atoms with Gasteiger partial charge in [-0.2, -0.15) is 0 Å². The fraction of sp³-hybridized carbons (Fsp3) is 0.308. The Kier molecular flexibility index (Phi) is 7.00. The molecular weight excluding hydrogens is 468 g/mol. The first-order valence-corrected chi connectivity index (χ1v) is 13.3. The van der Waals surface area contributed by atoms with Crippen LogP contribution in [0.5, 0.6) is 0 Å². The molecule has 8 heteroatoms. The van der Waals surface area contributed by atoms with Gasteiger partial charge in [-0.15, -0.1) is 0 Å². The van der Waals surface area contributed by atoms with Crippen molar-refractivity contribution < 1.29 is 19.8 Å². The van der Waals surface area contributed by atoms with E-state index in [1.54, 1.807) is 0 Å². The van der Waals surface area contributed by atoms with Crippen molar-refractivity contribution in [2.75, 3.05) is 0 Å². The fourth-order valence-electron chi connectivity index (χ4n) is 4.59. The minimum Gasteiger partial charge on any atom is -0.480 e. The first-order chi connectivity index (χ1) is 16.2. The first kappa shape index (κ1) is 24.3. The summed E-state index contributed by atoms with van der Waals surface area (Å²) in [6, 6.07) is 15.8. The van der Waals surface area contributed by atoms with E-state index in [2.05, 4.69) is 0 Å². The summed E-state index contributed by atoms with van der Waals surface area (Å²) in [6.07, 6.45) is 3.95. The van der Waals surface area contributed by atoms with Crippen molar-refractivity contribution in [3.8, 4) is 0 Å². The second-order valence-electron chi connectivity index (χ2n) is 8.71. The quantitative estimate of drug-likeness (QED) is 0.282. The van der Waals surface area contributed by atoms with Crippen molar-refractivity contribution in [2.45, 2.75) is 36.2 Å². The molecule has 0 spiro atoms. The standard InChI is InChI=1S/C26H28N2O4S2/c1-15(19-13-27(3)21-11-7-5-9-17(19)21)23(25(29)30)33-34-24(26(31)32)16(2)20-14-28(4)22-12-8-6-10-18(20)22/h5-16,23-24H,1-4H3,(H,29,30)(H,31,32). The Balaban J connectivity index is 1.59. The number of nitrogens with zero attached hydrogens (tertiary/aromatic N) is 2. The number of para-hydroxylation sites is 2. The SMILES string of the molecule is CC(c1cn(C)c2ccccc12)C(SSC(C(=O)O)C(C)c1cn(C)c2ccccc12)C(=O)O. The van der Waals surface area contributed by atoms with Crippen molar-refractivity contribution in [2.24, 2.45) is 14.1 Å². The molecule has 0 aliphatic heterocycles. The van der Waals surface area contributed by atoms with Crippen LogP contribution in [0, 0.1) is 0 Å². The highest BCUT2D eigenvalue weighted by atomic mass is 33.1. The molecule has 0 fully saturated rings. The van der Waals surface area contributed by atoms with Gasteiger partial charge in [0.05, 0.1) is 0 Å². The van der Waals surface area contributed by atoms with Crippen LogP contribution >= 0.6 is 21.6 Å². The molecule has 2 heterocycles. The summed E-state index contributed by atoms with van der Waals surface area (Å²) in [6.45, 7) is 3.80. The summed E-state index contributed by atoms with van der Waals surface area (Å²) in [5.74, 6) is -2.49. The minimum atomic E-state index is -0.945. The topological polar surface area (TPSA) is 84.5 Å². The Hall–Kier alpha value is -2.84. The highest BCUT2D eigenvalue weighted by Crippen LogP contribution is 2.44. The van der Waals surface area contributed by atoms with E-state index in [4.69, 9.17) is 0 Å². The van der Waals surface area contributed by atoms with Gasteiger partial charge in [-0.1, -0.05) is 71.8 Å². The maximum Gasteiger partial charge on any atom is 0.318 e. The molecule has 178 valence electrons. The summed E-state index contributed by atoms with van der Waals surface area (Å²) in [5.41, 5.74) is 3.98. The lowest BCUT2D eigenvalue weighted by atomic mass is 9.97. The maximum absolute atomic E-state index is 12.3. The number of carbonyl (C=O) groups is 2. The van der Waals surface area contributed by atoms with Crippen LogP contribution in [-0.4, -0.2) is 41.8 Å². The zero-order chi connectivity index (χ0) is 24.6. The molecule has 0 saturated heterocycles. The summed E-state index contributed by atoms with van der Waals surface area (Å²) in [4.78, 5) is 24.5. The Morgan fingerprint density at radius 3 is 1.41 bits per heavy atom. The lowest BCUT2D eigenvalue weighted by molar-refractivity contribution is -0.137. The van der Waals surface area contributed by atoms with Gasteiger partial charge in [0, 0.05) is 60.1 Å². The molecular formula is C26H28N2O4S2. The van der Waals surface area contributed by atoms with Crippen LogP contribution in [0.1, 0.15) is 36.8 Å². The van der Waals surface area contributed by atoms with Gasteiger partial charge < -0.3 is 19.3 Å². The molecule has 0 radical (unpaired) electrons. The van der Waals surface area contributed by atoms with Gasteiger partial charge in [0.2, 0.25) is 0 Å². The molecule has 0 aliphatic rings. The molecule has 2 N–H and O–H groups in total. The number of aryl methyl sites for hydroxylation is 2. The van der Waals surface area contributed by atoms with E-state index in [0.29, 0.717) is 0 Å². The smallest absolute Gasteiger partial charge is 0.318 e. The molecule has 4 unspecified atom stereocenters. The Morgan fingerprint density at radius 2 is 1.06 bits per heavy atom. The fourth-order valence-corrected chi connectivity index (χ4v) is 7.84. The van der Waals surface area contributed by atoms with Crippen LogP contribution in [0.25, 0.3) is 21.8 Å². The first-order valence-electron chi connectivity index (χ1n) is 11.1. The van der Waals surface area contributed by atoms with Gasteiger partial charge in [-0.05, 0) is 23.3 Å². The maximum atomic E-state index is 12.3. The van der Waals surface area contributed by atoms with Gasteiger partial charge in [0.15, 0.2) is 0 Å². The van der Waals surface area contributed by atoms with Crippen molar-refractivity contribution in [1.29, 1.82) is 0 Å². The molecule has 0 bridgehead atoms. The van der Waals surface area contributed by atoms with Crippen molar-refractivity contribution >= 4 is 55.3 Å². The minimum absolute atomic E-state index is 0.302. The molecule has 0 amide bonds. The van der Waals surface area contributed by atoms with Gasteiger partial charge in [0.1, 0.15) is 10.5 Å². The Labute approximate surface area is 206 Å². The van der Waals surface area contributed by atoms with E-state index in [1.165, 1.54) is 0 Å².